The molecular weight excluding hydrogens is 282 g/mol. The smallest absolute Gasteiger partial charge is 0.120 e. The Morgan fingerprint density at radius 1 is 1.24 bits per heavy atom. The summed E-state index contributed by atoms with van der Waals surface area (Å²) in [5, 5.41) is 0.685. The van der Waals surface area contributed by atoms with Crippen molar-refractivity contribution in [1.29, 1.82) is 0 Å². The largest absolute Gasteiger partial charge is 0.497 e. The van der Waals surface area contributed by atoms with Crippen molar-refractivity contribution in [2.75, 3.05) is 7.11 Å². The minimum atomic E-state index is -0.0788. The third kappa shape index (κ3) is 2.78. The summed E-state index contributed by atoms with van der Waals surface area (Å²) in [5.41, 5.74) is 10.4. The molecule has 2 aromatic rings. The average molecular weight is 302 g/mol. The monoisotopic (exact) mass is 301 g/mol. The van der Waals surface area contributed by atoms with E-state index in [0.717, 1.165) is 24.2 Å². The van der Waals surface area contributed by atoms with Crippen LogP contribution in [0.15, 0.2) is 42.5 Å². The fourth-order valence-electron chi connectivity index (χ4n) is 3.29. The highest BCUT2D eigenvalue weighted by molar-refractivity contribution is 6.31. The van der Waals surface area contributed by atoms with Gasteiger partial charge in [-0.2, -0.15) is 0 Å². The number of hydrogen-bond acceptors (Lipinski definition) is 2. The van der Waals surface area contributed by atoms with Crippen LogP contribution in [0.3, 0.4) is 0 Å². The molecule has 0 saturated heterocycles. The summed E-state index contributed by atoms with van der Waals surface area (Å²) in [5.74, 6) is 1.10. The van der Waals surface area contributed by atoms with Crippen LogP contribution in [0.25, 0.3) is 0 Å². The first-order valence-corrected chi connectivity index (χ1v) is 7.75. The number of aryl methyl sites for hydroxylation is 1. The Balaban J connectivity index is 1.94. The molecule has 0 aromatic heterocycles. The summed E-state index contributed by atoms with van der Waals surface area (Å²) in [7, 11) is 1.64. The van der Waals surface area contributed by atoms with Crippen molar-refractivity contribution in [3.8, 4) is 5.75 Å². The zero-order valence-electron chi connectivity index (χ0n) is 12.2. The van der Waals surface area contributed by atoms with Gasteiger partial charge in [-0.25, -0.2) is 0 Å². The van der Waals surface area contributed by atoms with E-state index in [1.54, 1.807) is 7.11 Å². The lowest BCUT2D eigenvalue weighted by atomic mass is 9.77. The predicted octanol–water partition coefficient (Wildman–Crippen LogP) is 4.47. The number of nitrogens with two attached hydrogens (primary N) is 1. The zero-order chi connectivity index (χ0) is 14.8. The van der Waals surface area contributed by atoms with Crippen molar-refractivity contribution in [2.24, 2.45) is 5.73 Å². The molecule has 0 fully saturated rings. The highest BCUT2D eigenvalue weighted by Gasteiger charge is 2.27. The van der Waals surface area contributed by atoms with E-state index >= 15 is 0 Å². The lowest BCUT2D eigenvalue weighted by molar-refractivity contribution is 0.414. The maximum absolute atomic E-state index is 6.55. The fourth-order valence-corrected chi connectivity index (χ4v) is 3.58. The summed E-state index contributed by atoms with van der Waals surface area (Å²) >= 11 is 6.39. The quantitative estimate of drug-likeness (QED) is 0.908. The van der Waals surface area contributed by atoms with E-state index in [0.29, 0.717) is 10.9 Å². The molecular formula is C18H20ClNO. The number of methoxy groups -OCH3 is 1. The van der Waals surface area contributed by atoms with Gasteiger partial charge in [0.25, 0.3) is 0 Å². The number of benzene rings is 2. The molecule has 0 amide bonds. The molecule has 2 nitrogen and oxygen atoms in total. The highest BCUT2D eigenvalue weighted by Crippen LogP contribution is 2.41. The van der Waals surface area contributed by atoms with Crippen molar-refractivity contribution in [2.45, 2.75) is 31.2 Å². The minimum absolute atomic E-state index is 0.0788. The Bertz CT molecular complexity index is 641. The molecule has 0 saturated carbocycles. The Kier molecular flexibility index (Phi) is 4.18. The van der Waals surface area contributed by atoms with E-state index in [2.05, 4.69) is 24.3 Å². The van der Waals surface area contributed by atoms with Crippen LogP contribution in [-0.4, -0.2) is 7.11 Å². The molecule has 110 valence electrons. The van der Waals surface area contributed by atoms with E-state index in [9.17, 15) is 0 Å². The molecule has 1 aliphatic carbocycles. The second-order valence-corrected chi connectivity index (χ2v) is 6.02. The average Bonchev–Trinajstić information content (AvgIpc) is 2.53. The van der Waals surface area contributed by atoms with Gasteiger partial charge < -0.3 is 10.5 Å². The maximum Gasteiger partial charge on any atom is 0.120 e. The van der Waals surface area contributed by atoms with Crippen molar-refractivity contribution >= 4 is 11.6 Å². The van der Waals surface area contributed by atoms with Crippen LogP contribution < -0.4 is 10.5 Å². The van der Waals surface area contributed by atoms with Gasteiger partial charge in [-0.3, -0.25) is 0 Å². The van der Waals surface area contributed by atoms with Gasteiger partial charge in [0.1, 0.15) is 5.75 Å². The SMILES string of the molecule is COc1ccc(C(N)C2CCCc3ccccc32)c(Cl)c1. The van der Waals surface area contributed by atoms with E-state index in [-0.39, 0.29) is 6.04 Å². The summed E-state index contributed by atoms with van der Waals surface area (Å²) in [6.45, 7) is 0. The van der Waals surface area contributed by atoms with Gasteiger partial charge in [-0.05, 0) is 48.1 Å². The molecule has 2 N–H and O–H groups in total. The van der Waals surface area contributed by atoms with Gasteiger partial charge in [0.05, 0.1) is 7.11 Å². The van der Waals surface area contributed by atoms with E-state index in [4.69, 9.17) is 22.1 Å². The lowest BCUT2D eigenvalue weighted by Gasteiger charge is -2.31. The van der Waals surface area contributed by atoms with Gasteiger partial charge in [-0.15, -0.1) is 0 Å². The predicted molar refractivity (Wildman–Crippen MR) is 87.1 cm³/mol. The molecule has 3 heteroatoms. The van der Waals surface area contributed by atoms with Gasteiger partial charge in [-0.1, -0.05) is 41.9 Å². The molecule has 3 rings (SSSR count). The van der Waals surface area contributed by atoms with E-state index < -0.39 is 0 Å². The van der Waals surface area contributed by atoms with Gasteiger partial charge in [0.15, 0.2) is 0 Å². The lowest BCUT2D eigenvalue weighted by Crippen LogP contribution is -2.23. The van der Waals surface area contributed by atoms with Crippen LogP contribution in [0.4, 0.5) is 0 Å². The number of fused-ring (bicyclic) bond motifs is 1. The van der Waals surface area contributed by atoms with Crippen LogP contribution in [0, 0.1) is 0 Å². The first-order chi connectivity index (χ1) is 10.2. The summed E-state index contributed by atoms with van der Waals surface area (Å²) in [6.07, 6.45) is 3.44. The van der Waals surface area contributed by atoms with Gasteiger partial charge in [0, 0.05) is 17.0 Å². The second-order valence-electron chi connectivity index (χ2n) is 5.61. The van der Waals surface area contributed by atoms with Gasteiger partial charge >= 0.3 is 0 Å². The Morgan fingerprint density at radius 2 is 2.05 bits per heavy atom. The van der Waals surface area contributed by atoms with Crippen LogP contribution in [0.5, 0.6) is 5.75 Å². The molecule has 0 spiro atoms. The molecule has 2 aromatic carbocycles. The summed E-state index contributed by atoms with van der Waals surface area (Å²) in [4.78, 5) is 0. The number of rotatable bonds is 3. The molecule has 2 unspecified atom stereocenters. The minimum Gasteiger partial charge on any atom is -0.497 e. The number of halogens is 1. The maximum atomic E-state index is 6.55. The van der Waals surface area contributed by atoms with Gasteiger partial charge in [0.2, 0.25) is 0 Å². The standard InChI is InChI=1S/C18H20ClNO/c1-21-13-9-10-16(17(19)11-13)18(20)15-8-4-6-12-5-2-3-7-14(12)15/h2-3,5,7,9-11,15,18H,4,6,8,20H2,1H3. The normalized spacial score (nSPS) is 18.9. The number of hydrogen-bond donors (Lipinski definition) is 1. The molecule has 0 aliphatic heterocycles. The molecule has 0 bridgehead atoms. The van der Waals surface area contributed by atoms with Crippen LogP contribution in [0.2, 0.25) is 5.02 Å². The topological polar surface area (TPSA) is 35.2 Å². The molecule has 0 heterocycles. The number of ether oxygens (including phenoxy) is 1. The van der Waals surface area contributed by atoms with Crippen LogP contribution in [-0.2, 0) is 6.42 Å². The summed E-state index contributed by atoms with van der Waals surface area (Å²) in [6, 6.07) is 14.3. The van der Waals surface area contributed by atoms with E-state index in [1.165, 1.54) is 17.5 Å². The third-order valence-electron chi connectivity index (χ3n) is 4.42. The van der Waals surface area contributed by atoms with Crippen molar-refractivity contribution in [3.63, 3.8) is 0 Å². The Hall–Kier alpha value is -1.51. The third-order valence-corrected chi connectivity index (χ3v) is 4.74. The fraction of sp³-hybridized carbons (Fsp3) is 0.333. The molecule has 1 aliphatic rings. The Morgan fingerprint density at radius 3 is 2.81 bits per heavy atom. The van der Waals surface area contributed by atoms with Crippen molar-refractivity contribution in [1.82, 2.24) is 0 Å². The molecule has 2 atom stereocenters. The molecule has 21 heavy (non-hydrogen) atoms. The molecule has 0 radical (unpaired) electrons. The van der Waals surface area contributed by atoms with E-state index in [1.807, 2.05) is 18.2 Å². The highest BCUT2D eigenvalue weighted by atomic mass is 35.5. The van der Waals surface area contributed by atoms with Crippen LogP contribution >= 0.6 is 11.6 Å². The van der Waals surface area contributed by atoms with Crippen molar-refractivity contribution < 1.29 is 4.74 Å². The second kappa shape index (κ2) is 6.08. The Labute approximate surface area is 130 Å². The van der Waals surface area contributed by atoms with Crippen molar-refractivity contribution in [3.05, 3.63) is 64.2 Å². The zero-order valence-corrected chi connectivity index (χ0v) is 12.9. The first kappa shape index (κ1) is 14.4. The summed E-state index contributed by atoms with van der Waals surface area (Å²) < 4.78 is 5.21. The first-order valence-electron chi connectivity index (χ1n) is 7.37. The van der Waals surface area contributed by atoms with Crippen LogP contribution in [0.1, 0.15) is 41.5 Å².